The number of nitrogens with zero attached hydrogens (tertiary/aromatic N) is 3. The molecule has 0 amide bonds. The Labute approximate surface area is 160 Å². The van der Waals surface area contributed by atoms with Crippen LogP contribution in [-0.2, 0) is 11.6 Å². The van der Waals surface area contributed by atoms with Crippen molar-refractivity contribution in [2.24, 2.45) is 4.99 Å². The zero-order chi connectivity index (χ0) is 20.4. The molecule has 0 fully saturated rings. The van der Waals surface area contributed by atoms with E-state index in [9.17, 15) is 13.2 Å². The van der Waals surface area contributed by atoms with Crippen molar-refractivity contribution in [2.75, 3.05) is 11.9 Å². The molecular formula is C18H23F3N4OS. The van der Waals surface area contributed by atoms with Gasteiger partial charge in [0, 0.05) is 29.2 Å². The molecule has 0 aliphatic heterocycles. The highest BCUT2D eigenvalue weighted by molar-refractivity contribution is 7.07. The molecule has 9 heteroatoms. The summed E-state index contributed by atoms with van der Waals surface area (Å²) in [5.74, 6) is 0.769. The highest BCUT2D eigenvalue weighted by Gasteiger charge is 2.36. The first kappa shape index (κ1) is 21.1. The summed E-state index contributed by atoms with van der Waals surface area (Å²) >= 11 is 0.932. The molecule has 2 aromatic rings. The Hall–Kier alpha value is -2.16. The molecule has 0 radical (unpaired) electrons. The third kappa shape index (κ3) is 5.41. The molecule has 2 rings (SSSR count). The normalized spacial score (nSPS) is 13.0. The van der Waals surface area contributed by atoms with Crippen LogP contribution in [0.3, 0.4) is 0 Å². The molecule has 0 saturated carbocycles. The summed E-state index contributed by atoms with van der Waals surface area (Å²) in [6.07, 6.45) is -4.58. The quantitative estimate of drug-likeness (QED) is 0.520. The van der Waals surface area contributed by atoms with Crippen LogP contribution < -0.4 is 10.1 Å². The third-order valence-corrected chi connectivity index (χ3v) is 4.21. The van der Waals surface area contributed by atoms with Crippen molar-refractivity contribution in [2.45, 2.75) is 53.1 Å². The van der Waals surface area contributed by atoms with E-state index in [4.69, 9.17) is 4.74 Å². The number of nitrogens with one attached hydrogen (secondary N) is 1. The maximum absolute atomic E-state index is 13.6. The standard InChI is InChI=1S/C18H23F3N4OS/c1-7-22-11(3)23-13-9-12(18(19,20)21)14(8-10(13)2)26-16-24-15(25-27-16)17(4,5)6/h8-9H,7H2,1-6H3,(H,22,23). The highest BCUT2D eigenvalue weighted by Crippen LogP contribution is 2.41. The second-order valence-electron chi connectivity index (χ2n) is 7.08. The van der Waals surface area contributed by atoms with Gasteiger partial charge >= 0.3 is 6.18 Å². The summed E-state index contributed by atoms with van der Waals surface area (Å²) in [4.78, 5) is 8.35. The van der Waals surface area contributed by atoms with Crippen LogP contribution in [0.25, 0.3) is 0 Å². The maximum Gasteiger partial charge on any atom is 0.420 e. The van der Waals surface area contributed by atoms with E-state index in [1.54, 1.807) is 13.8 Å². The van der Waals surface area contributed by atoms with Crippen molar-refractivity contribution in [3.63, 3.8) is 0 Å². The molecule has 1 aromatic carbocycles. The summed E-state index contributed by atoms with van der Waals surface area (Å²) in [5.41, 5.74) is -0.265. The fraction of sp³-hybridized carbons (Fsp3) is 0.500. The first-order chi connectivity index (χ1) is 12.4. The molecule has 1 aromatic heterocycles. The summed E-state index contributed by atoms with van der Waals surface area (Å²) in [7, 11) is 0. The second-order valence-corrected chi connectivity index (χ2v) is 7.80. The number of aliphatic imine (C=N–C) groups is 1. The molecular weight excluding hydrogens is 377 g/mol. The largest absolute Gasteiger partial charge is 0.429 e. The van der Waals surface area contributed by atoms with Gasteiger partial charge in [0.2, 0.25) is 0 Å². The zero-order valence-corrected chi connectivity index (χ0v) is 17.0. The fourth-order valence-electron chi connectivity index (χ4n) is 2.24. The van der Waals surface area contributed by atoms with E-state index < -0.39 is 11.7 Å². The van der Waals surface area contributed by atoms with E-state index in [0.29, 0.717) is 29.5 Å². The lowest BCUT2D eigenvalue weighted by atomic mass is 9.96. The molecule has 0 aliphatic rings. The van der Waals surface area contributed by atoms with Gasteiger partial charge in [-0.2, -0.15) is 22.5 Å². The number of anilines is 1. The van der Waals surface area contributed by atoms with Crippen LogP contribution in [0.4, 0.5) is 18.9 Å². The smallest absolute Gasteiger partial charge is 0.420 e. The number of benzene rings is 1. The van der Waals surface area contributed by atoms with E-state index in [2.05, 4.69) is 19.7 Å². The minimum Gasteiger partial charge on any atom is -0.429 e. The van der Waals surface area contributed by atoms with Gasteiger partial charge in [-0.05, 0) is 38.5 Å². The number of rotatable bonds is 4. The average molecular weight is 400 g/mol. The zero-order valence-electron chi connectivity index (χ0n) is 16.2. The Morgan fingerprint density at radius 3 is 2.44 bits per heavy atom. The molecule has 148 valence electrons. The van der Waals surface area contributed by atoms with Crippen LogP contribution in [0.15, 0.2) is 17.1 Å². The molecule has 0 unspecified atom stereocenters. The number of aryl methyl sites for hydroxylation is 1. The van der Waals surface area contributed by atoms with Crippen molar-refractivity contribution in [1.82, 2.24) is 9.36 Å². The van der Waals surface area contributed by atoms with Crippen molar-refractivity contribution in [3.05, 3.63) is 29.1 Å². The first-order valence-electron chi connectivity index (χ1n) is 8.43. The van der Waals surface area contributed by atoms with Crippen LogP contribution in [0.1, 0.15) is 51.6 Å². The van der Waals surface area contributed by atoms with Gasteiger partial charge in [0.15, 0.2) is 5.82 Å². The van der Waals surface area contributed by atoms with Crippen LogP contribution in [0.2, 0.25) is 0 Å². The average Bonchev–Trinajstić information content (AvgIpc) is 2.97. The molecule has 1 heterocycles. The molecule has 0 atom stereocenters. The Morgan fingerprint density at radius 2 is 1.93 bits per heavy atom. The molecule has 5 nitrogen and oxygen atoms in total. The van der Waals surface area contributed by atoms with Gasteiger partial charge in [-0.25, -0.2) is 0 Å². The molecule has 0 saturated heterocycles. The summed E-state index contributed by atoms with van der Waals surface area (Å²) < 4.78 is 50.4. The van der Waals surface area contributed by atoms with Crippen LogP contribution in [0, 0.1) is 6.92 Å². The fourth-order valence-corrected chi connectivity index (χ4v) is 2.98. The molecule has 0 aliphatic carbocycles. The monoisotopic (exact) mass is 400 g/mol. The van der Waals surface area contributed by atoms with Gasteiger partial charge < -0.3 is 10.1 Å². The first-order valence-corrected chi connectivity index (χ1v) is 9.21. The lowest BCUT2D eigenvalue weighted by Gasteiger charge is -2.17. The van der Waals surface area contributed by atoms with E-state index in [-0.39, 0.29) is 16.4 Å². The van der Waals surface area contributed by atoms with E-state index in [1.165, 1.54) is 6.07 Å². The minimum absolute atomic E-state index is 0.0780. The summed E-state index contributed by atoms with van der Waals surface area (Å²) in [5, 5.41) is 2.99. The van der Waals surface area contributed by atoms with Crippen LogP contribution in [-0.4, -0.2) is 21.7 Å². The number of aromatic nitrogens is 2. The second kappa shape index (κ2) is 7.84. The van der Waals surface area contributed by atoms with Crippen molar-refractivity contribution in [3.8, 4) is 10.9 Å². The molecule has 0 spiro atoms. The molecule has 0 bridgehead atoms. The summed E-state index contributed by atoms with van der Waals surface area (Å²) in [6.45, 7) is 11.6. The minimum atomic E-state index is -4.58. The number of ether oxygens (including phenoxy) is 1. The van der Waals surface area contributed by atoms with Gasteiger partial charge in [0.25, 0.3) is 5.19 Å². The number of halogens is 3. The van der Waals surface area contributed by atoms with E-state index >= 15 is 0 Å². The molecule has 27 heavy (non-hydrogen) atoms. The number of hydrogen-bond acceptors (Lipinski definition) is 5. The maximum atomic E-state index is 13.6. The van der Waals surface area contributed by atoms with Crippen LogP contribution in [0.5, 0.6) is 10.9 Å². The van der Waals surface area contributed by atoms with Gasteiger partial charge in [-0.1, -0.05) is 20.8 Å². The van der Waals surface area contributed by atoms with Gasteiger partial charge in [-0.3, -0.25) is 4.99 Å². The summed E-state index contributed by atoms with van der Waals surface area (Å²) in [6, 6.07) is 2.38. The Balaban J connectivity index is 2.42. The Kier molecular flexibility index (Phi) is 6.14. The van der Waals surface area contributed by atoms with Crippen molar-refractivity contribution >= 4 is 23.1 Å². The lowest BCUT2D eigenvalue weighted by molar-refractivity contribution is -0.138. The number of hydrogen-bond donors (Lipinski definition) is 1. The van der Waals surface area contributed by atoms with Crippen molar-refractivity contribution in [1.29, 1.82) is 0 Å². The number of amidine groups is 1. The van der Waals surface area contributed by atoms with E-state index in [1.807, 2.05) is 27.7 Å². The Morgan fingerprint density at radius 1 is 1.26 bits per heavy atom. The van der Waals surface area contributed by atoms with Gasteiger partial charge in [-0.15, -0.1) is 0 Å². The Bertz CT molecular complexity index is 838. The van der Waals surface area contributed by atoms with Crippen molar-refractivity contribution < 1.29 is 17.9 Å². The number of alkyl halides is 3. The van der Waals surface area contributed by atoms with Gasteiger partial charge in [0.05, 0.1) is 5.84 Å². The van der Waals surface area contributed by atoms with Crippen LogP contribution >= 0.6 is 11.5 Å². The van der Waals surface area contributed by atoms with Gasteiger partial charge in [0.1, 0.15) is 11.3 Å². The van der Waals surface area contributed by atoms with E-state index in [0.717, 1.165) is 17.6 Å². The highest BCUT2D eigenvalue weighted by atomic mass is 32.1. The third-order valence-electron chi connectivity index (χ3n) is 3.62. The SMILES string of the molecule is CCN=C(C)Nc1cc(C(F)(F)F)c(Oc2nc(C(C)(C)C)ns2)cc1C. The molecule has 1 N–H and O–H groups in total. The predicted molar refractivity (Wildman–Crippen MR) is 102 cm³/mol. The lowest BCUT2D eigenvalue weighted by Crippen LogP contribution is -2.13. The topological polar surface area (TPSA) is 59.4 Å². The predicted octanol–water partition coefficient (Wildman–Crippen LogP) is 5.81.